The zero-order chi connectivity index (χ0) is 13.2. The molecule has 19 heavy (non-hydrogen) atoms. The van der Waals surface area contributed by atoms with Gasteiger partial charge in [0.25, 0.3) is 0 Å². The van der Waals surface area contributed by atoms with Gasteiger partial charge in [-0.1, -0.05) is 19.8 Å². The highest BCUT2D eigenvalue weighted by Crippen LogP contribution is 2.38. The van der Waals surface area contributed by atoms with E-state index in [0.717, 1.165) is 19.0 Å². The Morgan fingerprint density at radius 2 is 2.11 bits per heavy atom. The first-order valence-corrected chi connectivity index (χ1v) is 8.35. The molecule has 3 fully saturated rings. The van der Waals surface area contributed by atoms with Gasteiger partial charge < -0.3 is 10.2 Å². The normalized spacial score (nSPS) is 38.5. The lowest BCUT2D eigenvalue weighted by molar-refractivity contribution is -0.138. The maximum Gasteiger partial charge on any atom is 0.240 e. The summed E-state index contributed by atoms with van der Waals surface area (Å²) in [7, 11) is 0. The third kappa shape index (κ3) is 2.54. The van der Waals surface area contributed by atoms with Gasteiger partial charge in [0.2, 0.25) is 5.91 Å². The van der Waals surface area contributed by atoms with Gasteiger partial charge in [-0.05, 0) is 56.9 Å². The maximum absolute atomic E-state index is 12.9. The van der Waals surface area contributed by atoms with E-state index < -0.39 is 0 Å². The summed E-state index contributed by atoms with van der Waals surface area (Å²) in [5, 5.41) is 3.53. The van der Waals surface area contributed by atoms with Gasteiger partial charge >= 0.3 is 0 Å². The second kappa shape index (κ2) is 5.82. The number of likely N-dealkylation sites (tertiary alicyclic amines) is 1. The fourth-order valence-corrected chi connectivity index (χ4v) is 4.56. The van der Waals surface area contributed by atoms with Crippen molar-refractivity contribution in [3.8, 4) is 0 Å². The first kappa shape index (κ1) is 13.4. The predicted molar refractivity (Wildman–Crippen MR) is 76.9 cm³/mol. The summed E-state index contributed by atoms with van der Waals surface area (Å²) in [4.78, 5) is 15.1. The molecule has 1 aliphatic carbocycles. The Morgan fingerprint density at radius 1 is 1.21 bits per heavy atom. The van der Waals surface area contributed by atoms with Gasteiger partial charge in [0, 0.05) is 12.6 Å². The summed E-state index contributed by atoms with van der Waals surface area (Å²) in [5.41, 5.74) is 0. The van der Waals surface area contributed by atoms with Crippen molar-refractivity contribution >= 4 is 5.91 Å². The Kier molecular flexibility index (Phi) is 4.11. The predicted octanol–water partition coefficient (Wildman–Crippen LogP) is 2.56. The van der Waals surface area contributed by atoms with Gasteiger partial charge in [0.1, 0.15) is 0 Å². The molecule has 1 saturated carbocycles. The van der Waals surface area contributed by atoms with Crippen molar-refractivity contribution in [1.29, 1.82) is 0 Å². The fourth-order valence-electron chi connectivity index (χ4n) is 4.56. The molecule has 0 aromatic rings. The van der Waals surface area contributed by atoms with Crippen molar-refractivity contribution in [2.24, 2.45) is 11.8 Å². The summed E-state index contributed by atoms with van der Waals surface area (Å²) < 4.78 is 0. The van der Waals surface area contributed by atoms with Crippen LogP contribution in [-0.4, -0.2) is 36.0 Å². The Hall–Kier alpha value is -0.570. The number of carbonyl (C=O) groups excluding carboxylic acids is 1. The van der Waals surface area contributed by atoms with Crippen LogP contribution in [0.2, 0.25) is 0 Å². The largest absolute Gasteiger partial charge is 0.338 e. The van der Waals surface area contributed by atoms with E-state index in [1.165, 1.54) is 51.4 Å². The Morgan fingerprint density at radius 3 is 2.95 bits per heavy atom. The molecule has 2 heterocycles. The minimum Gasteiger partial charge on any atom is -0.338 e. The quantitative estimate of drug-likeness (QED) is 0.849. The molecule has 0 bridgehead atoms. The zero-order valence-electron chi connectivity index (χ0n) is 12.2. The van der Waals surface area contributed by atoms with Gasteiger partial charge in [-0.3, -0.25) is 4.79 Å². The summed E-state index contributed by atoms with van der Waals surface area (Å²) >= 11 is 0. The SMILES string of the molecule is CCCC1CCCCN1C(=O)C1NCC2CCCC21. The average molecular weight is 264 g/mol. The Labute approximate surface area is 117 Å². The van der Waals surface area contributed by atoms with Crippen LogP contribution in [0.3, 0.4) is 0 Å². The van der Waals surface area contributed by atoms with Crippen molar-refractivity contribution in [2.75, 3.05) is 13.1 Å². The lowest BCUT2D eigenvalue weighted by Gasteiger charge is -2.38. The van der Waals surface area contributed by atoms with Gasteiger partial charge in [0.15, 0.2) is 0 Å². The molecule has 3 nitrogen and oxygen atoms in total. The number of piperidine rings is 1. The lowest BCUT2D eigenvalue weighted by Crippen LogP contribution is -2.52. The smallest absolute Gasteiger partial charge is 0.240 e. The summed E-state index contributed by atoms with van der Waals surface area (Å²) in [6.45, 7) is 4.31. The van der Waals surface area contributed by atoms with Crippen LogP contribution < -0.4 is 5.32 Å². The number of fused-ring (bicyclic) bond motifs is 1. The van der Waals surface area contributed by atoms with Gasteiger partial charge in [-0.2, -0.15) is 0 Å². The lowest BCUT2D eigenvalue weighted by atomic mass is 9.91. The van der Waals surface area contributed by atoms with Crippen LogP contribution in [0.4, 0.5) is 0 Å². The standard InChI is InChI=1S/C16H28N2O/c1-2-6-13-8-3-4-10-18(13)16(19)15-14-9-5-7-12(14)11-17-15/h12-15,17H,2-11H2,1H3. The van der Waals surface area contributed by atoms with Crippen molar-refractivity contribution in [3.63, 3.8) is 0 Å². The molecule has 3 rings (SSSR count). The molecular weight excluding hydrogens is 236 g/mol. The molecule has 3 aliphatic rings. The van der Waals surface area contributed by atoms with E-state index in [0.29, 0.717) is 17.9 Å². The highest BCUT2D eigenvalue weighted by Gasteiger charge is 2.44. The molecular formula is C16H28N2O. The Bertz CT molecular complexity index is 329. The molecule has 1 N–H and O–H groups in total. The first-order chi connectivity index (χ1) is 9.31. The fraction of sp³-hybridized carbons (Fsp3) is 0.938. The first-order valence-electron chi connectivity index (χ1n) is 8.35. The molecule has 0 radical (unpaired) electrons. The molecule has 0 aromatic carbocycles. The molecule has 0 spiro atoms. The third-order valence-electron chi connectivity index (χ3n) is 5.54. The Balaban J connectivity index is 1.67. The van der Waals surface area contributed by atoms with E-state index in [1.54, 1.807) is 0 Å². The van der Waals surface area contributed by atoms with Crippen molar-refractivity contribution < 1.29 is 4.79 Å². The van der Waals surface area contributed by atoms with Crippen LogP contribution in [0.15, 0.2) is 0 Å². The monoisotopic (exact) mass is 264 g/mol. The summed E-state index contributed by atoms with van der Waals surface area (Å²) in [6, 6.07) is 0.665. The van der Waals surface area contributed by atoms with Crippen LogP contribution in [0.1, 0.15) is 58.3 Å². The minimum atomic E-state index is 0.143. The van der Waals surface area contributed by atoms with E-state index in [2.05, 4.69) is 17.1 Å². The molecule has 4 unspecified atom stereocenters. The topological polar surface area (TPSA) is 32.3 Å². The van der Waals surface area contributed by atoms with Gasteiger partial charge in [0.05, 0.1) is 6.04 Å². The second-order valence-corrected chi connectivity index (χ2v) is 6.71. The number of nitrogens with one attached hydrogen (secondary N) is 1. The van der Waals surface area contributed by atoms with E-state index in [1.807, 2.05) is 0 Å². The van der Waals surface area contributed by atoms with Crippen LogP contribution >= 0.6 is 0 Å². The highest BCUT2D eigenvalue weighted by atomic mass is 16.2. The molecule has 0 aromatic heterocycles. The second-order valence-electron chi connectivity index (χ2n) is 6.71. The molecule has 4 atom stereocenters. The van der Waals surface area contributed by atoms with E-state index in [-0.39, 0.29) is 6.04 Å². The third-order valence-corrected chi connectivity index (χ3v) is 5.54. The number of hydrogen-bond donors (Lipinski definition) is 1. The maximum atomic E-state index is 12.9. The van der Waals surface area contributed by atoms with Crippen LogP contribution in [0.25, 0.3) is 0 Å². The molecule has 108 valence electrons. The van der Waals surface area contributed by atoms with Gasteiger partial charge in [-0.15, -0.1) is 0 Å². The highest BCUT2D eigenvalue weighted by molar-refractivity contribution is 5.83. The number of hydrogen-bond acceptors (Lipinski definition) is 2. The summed E-state index contributed by atoms with van der Waals surface area (Å²) in [5.74, 6) is 1.84. The number of rotatable bonds is 3. The van der Waals surface area contributed by atoms with E-state index in [9.17, 15) is 4.79 Å². The van der Waals surface area contributed by atoms with E-state index >= 15 is 0 Å². The van der Waals surface area contributed by atoms with Crippen LogP contribution in [-0.2, 0) is 4.79 Å². The average Bonchev–Trinajstić information content (AvgIpc) is 3.01. The number of nitrogens with zero attached hydrogens (tertiary/aromatic N) is 1. The van der Waals surface area contributed by atoms with Gasteiger partial charge in [-0.25, -0.2) is 0 Å². The van der Waals surface area contributed by atoms with Crippen molar-refractivity contribution in [2.45, 2.75) is 70.4 Å². The van der Waals surface area contributed by atoms with Crippen LogP contribution in [0, 0.1) is 11.8 Å². The van der Waals surface area contributed by atoms with Crippen molar-refractivity contribution in [1.82, 2.24) is 10.2 Å². The number of carbonyl (C=O) groups is 1. The van der Waals surface area contributed by atoms with Crippen molar-refractivity contribution in [3.05, 3.63) is 0 Å². The molecule has 2 aliphatic heterocycles. The summed E-state index contributed by atoms with van der Waals surface area (Å²) in [6.07, 6.45) is 10.0. The van der Waals surface area contributed by atoms with Crippen LogP contribution in [0.5, 0.6) is 0 Å². The minimum absolute atomic E-state index is 0.143. The van der Waals surface area contributed by atoms with E-state index in [4.69, 9.17) is 0 Å². The molecule has 3 heteroatoms. The molecule has 1 amide bonds. The molecule has 2 saturated heterocycles. The zero-order valence-corrected chi connectivity index (χ0v) is 12.2. The number of amides is 1.